The van der Waals surface area contributed by atoms with Gasteiger partial charge in [-0.25, -0.2) is 0 Å². The third-order valence-corrected chi connectivity index (χ3v) is 6.24. The molecule has 1 atom stereocenters. The molecule has 1 saturated heterocycles. The minimum atomic E-state index is -0.719. The van der Waals surface area contributed by atoms with Crippen molar-refractivity contribution in [2.75, 3.05) is 24.2 Å². The Kier molecular flexibility index (Phi) is 7.59. The number of hydrogen-bond acceptors (Lipinski definition) is 8. The van der Waals surface area contributed by atoms with Crippen molar-refractivity contribution in [2.24, 2.45) is 0 Å². The van der Waals surface area contributed by atoms with Crippen molar-refractivity contribution in [1.29, 1.82) is 0 Å². The predicted octanol–water partition coefficient (Wildman–Crippen LogP) is 2.89. The van der Waals surface area contributed by atoms with Gasteiger partial charge in [-0.1, -0.05) is 53.4 Å². The van der Waals surface area contributed by atoms with E-state index in [1.165, 1.54) is 23.1 Å². The largest absolute Gasteiger partial charge is 0.465 e. The number of hydrogen-bond donors (Lipinski definition) is 1. The first-order valence-corrected chi connectivity index (χ1v) is 11.2. The highest BCUT2D eigenvalue weighted by atomic mass is 32.2. The molecule has 2 amide bonds. The maximum atomic E-state index is 13.1. The van der Waals surface area contributed by atoms with Crippen molar-refractivity contribution in [2.45, 2.75) is 36.6 Å². The summed E-state index contributed by atoms with van der Waals surface area (Å²) in [4.78, 5) is 38.6. The van der Waals surface area contributed by atoms with Crippen LogP contribution in [0.3, 0.4) is 0 Å². The van der Waals surface area contributed by atoms with Crippen LogP contribution in [-0.4, -0.2) is 51.8 Å². The van der Waals surface area contributed by atoms with E-state index in [1.807, 2.05) is 30.3 Å². The summed E-state index contributed by atoms with van der Waals surface area (Å²) in [6, 6.07) is 8.52. The lowest BCUT2D eigenvalue weighted by Gasteiger charge is -2.33. The number of amides is 2. The molecule has 29 heavy (non-hydrogen) atoms. The van der Waals surface area contributed by atoms with E-state index in [0.29, 0.717) is 29.0 Å². The van der Waals surface area contributed by atoms with Crippen molar-refractivity contribution in [3.63, 3.8) is 0 Å². The normalized spacial score (nSPS) is 15.1. The SMILES string of the molecule is CCOC(=O)CSc1nnc(NC(=O)C(c2ccccc2)N2CCCCC2=O)s1. The molecule has 10 heteroatoms. The van der Waals surface area contributed by atoms with Crippen molar-refractivity contribution in [3.8, 4) is 0 Å². The zero-order valence-corrected chi connectivity index (χ0v) is 17.6. The summed E-state index contributed by atoms with van der Waals surface area (Å²) >= 11 is 2.38. The second-order valence-electron chi connectivity index (χ2n) is 6.31. The smallest absolute Gasteiger partial charge is 0.316 e. The van der Waals surface area contributed by atoms with E-state index in [2.05, 4.69) is 15.5 Å². The Morgan fingerprint density at radius 1 is 1.28 bits per heavy atom. The predicted molar refractivity (Wildman–Crippen MR) is 111 cm³/mol. The van der Waals surface area contributed by atoms with Crippen molar-refractivity contribution in [1.82, 2.24) is 15.1 Å². The number of carbonyl (C=O) groups is 3. The summed E-state index contributed by atoms with van der Waals surface area (Å²) in [5, 5.41) is 11.1. The second-order valence-corrected chi connectivity index (χ2v) is 8.51. The maximum absolute atomic E-state index is 13.1. The highest BCUT2D eigenvalue weighted by Gasteiger charge is 2.33. The molecule has 1 aliphatic heterocycles. The van der Waals surface area contributed by atoms with Gasteiger partial charge in [-0.3, -0.25) is 19.7 Å². The monoisotopic (exact) mass is 434 g/mol. The molecule has 1 fully saturated rings. The zero-order valence-electron chi connectivity index (χ0n) is 16.0. The van der Waals surface area contributed by atoms with E-state index in [1.54, 1.807) is 11.8 Å². The summed E-state index contributed by atoms with van der Waals surface area (Å²) in [6.07, 6.45) is 2.16. The molecule has 154 valence electrons. The molecule has 0 saturated carbocycles. The average Bonchev–Trinajstić information content (AvgIpc) is 3.16. The van der Waals surface area contributed by atoms with Crippen LogP contribution in [0.15, 0.2) is 34.7 Å². The summed E-state index contributed by atoms with van der Waals surface area (Å²) in [6.45, 7) is 2.62. The molecular weight excluding hydrogens is 412 g/mol. The molecular formula is C19H22N4O4S2. The van der Waals surface area contributed by atoms with E-state index in [0.717, 1.165) is 18.4 Å². The van der Waals surface area contributed by atoms with Gasteiger partial charge < -0.3 is 9.64 Å². The van der Waals surface area contributed by atoms with E-state index >= 15 is 0 Å². The number of carbonyl (C=O) groups excluding carboxylic acids is 3. The Hall–Kier alpha value is -2.46. The van der Waals surface area contributed by atoms with Gasteiger partial charge in [-0.15, -0.1) is 10.2 Å². The molecule has 1 aromatic carbocycles. The number of anilines is 1. The highest BCUT2D eigenvalue weighted by Crippen LogP contribution is 2.29. The van der Waals surface area contributed by atoms with Gasteiger partial charge in [0.15, 0.2) is 4.34 Å². The molecule has 0 aliphatic carbocycles. The van der Waals surface area contributed by atoms with Gasteiger partial charge in [0.05, 0.1) is 12.4 Å². The molecule has 8 nitrogen and oxygen atoms in total. The van der Waals surface area contributed by atoms with Crippen LogP contribution in [0.2, 0.25) is 0 Å². The number of thioether (sulfide) groups is 1. The minimum Gasteiger partial charge on any atom is -0.465 e. The highest BCUT2D eigenvalue weighted by molar-refractivity contribution is 8.01. The lowest BCUT2D eigenvalue weighted by molar-refractivity contribution is -0.141. The van der Waals surface area contributed by atoms with Gasteiger partial charge in [0.25, 0.3) is 5.91 Å². The van der Waals surface area contributed by atoms with Crippen molar-refractivity contribution in [3.05, 3.63) is 35.9 Å². The molecule has 1 N–H and O–H groups in total. The summed E-state index contributed by atoms with van der Waals surface area (Å²) in [7, 11) is 0. The van der Waals surface area contributed by atoms with Crippen LogP contribution in [0.1, 0.15) is 37.8 Å². The molecule has 1 aliphatic rings. The second kappa shape index (κ2) is 10.4. The third kappa shape index (κ3) is 5.77. The molecule has 0 radical (unpaired) electrons. The standard InChI is InChI=1S/C19H22N4O4S2/c1-2-27-15(25)12-28-19-22-21-18(29-19)20-17(26)16(13-8-4-3-5-9-13)23-11-7-6-10-14(23)24/h3-5,8-9,16H,2,6-7,10-12H2,1H3,(H,20,21,26). The van der Waals surface area contributed by atoms with Gasteiger partial charge in [0.2, 0.25) is 11.0 Å². The Balaban J connectivity index is 1.70. The topological polar surface area (TPSA) is 101 Å². The number of benzene rings is 1. The summed E-state index contributed by atoms with van der Waals surface area (Å²) in [5.74, 6) is -0.551. The lowest BCUT2D eigenvalue weighted by atomic mass is 10.0. The fourth-order valence-corrected chi connectivity index (χ4v) is 4.58. The molecule has 0 bridgehead atoms. The van der Waals surface area contributed by atoms with Crippen LogP contribution in [0, 0.1) is 0 Å². The van der Waals surface area contributed by atoms with Crippen molar-refractivity contribution < 1.29 is 19.1 Å². The quantitative estimate of drug-likeness (QED) is 0.387. The molecule has 2 aromatic rings. The van der Waals surface area contributed by atoms with E-state index in [-0.39, 0.29) is 23.5 Å². The van der Waals surface area contributed by atoms with Gasteiger partial charge in [0, 0.05) is 13.0 Å². The number of likely N-dealkylation sites (tertiary alicyclic amines) is 1. The Morgan fingerprint density at radius 3 is 2.79 bits per heavy atom. The lowest BCUT2D eigenvalue weighted by Crippen LogP contribution is -2.43. The Morgan fingerprint density at radius 2 is 2.07 bits per heavy atom. The first kappa shape index (κ1) is 21.3. The molecule has 1 unspecified atom stereocenters. The van der Waals surface area contributed by atoms with Crippen LogP contribution in [0.25, 0.3) is 0 Å². The van der Waals surface area contributed by atoms with Crippen LogP contribution >= 0.6 is 23.1 Å². The first-order valence-electron chi connectivity index (χ1n) is 9.35. The molecule has 1 aromatic heterocycles. The molecule has 0 spiro atoms. The minimum absolute atomic E-state index is 0.0248. The van der Waals surface area contributed by atoms with Crippen LogP contribution in [0.5, 0.6) is 0 Å². The Labute approximate surface area is 177 Å². The zero-order chi connectivity index (χ0) is 20.6. The number of aromatic nitrogens is 2. The summed E-state index contributed by atoms with van der Waals surface area (Å²) < 4.78 is 5.44. The van der Waals surface area contributed by atoms with Crippen molar-refractivity contribution >= 4 is 46.0 Å². The number of rotatable bonds is 8. The van der Waals surface area contributed by atoms with E-state index < -0.39 is 6.04 Å². The third-order valence-electron chi connectivity index (χ3n) is 4.29. The van der Waals surface area contributed by atoms with Gasteiger partial charge in [-0.2, -0.15) is 0 Å². The number of nitrogens with zero attached hydrogens (tertiary/aromatic N) is 3. The van der Waals surface area contributed by atoms with Gasteiger partial charge >= 0.3 is 5.97 Å². The molecule has 2 heterocycles. The maximum Gasteiger partial charge on any atom is 0.316 e. The van der Waals surface area contributed by atoms with E-state index in [9.17, 15) is 14.4 Å². The molecule has 3 rings (SSSR count). The van der Waals surface area contributed by atoms with E-state index in [4.69, 9.17) is 4.74 Å². The summed E-state index contributed by atoms with van der Waals surface area (Å²) in [5.41, 5.74) is 0.752. The van der Waals surface area contributed by atoms with Crippen LogP contribution < -0.4 is 5.32 Å². The van der Waals surface area contributed by atoms with Crippen LogP contribution in [0.4, 0.5) is 5.13 Å². The fraction of sp³-hybridized carbons (Fsp3) is 0.421. The number of esters is 1. The first-order chi connectivity index (χ1) is 14.1. The number of nitrogens with one attached hydrogen (secondary N) is 1. The number of piperidine rings is 1. The number of ether oxygens (including phenoxy) is 1. The van der Waals surface area contributed by atoms with Crippen LogP contribution in [-0.2, 0) is 19.1 Å². The van der Waals surface area contributed by atoms with Gasteiger partial charge in [-0.05, 0) is 25.3 Å². The van der Waals surface area contributed by atoms with Gasteiger partial charge in [0.1, 0.15) is 6.04 Å². The Bertz CT molecular complexity index is 859. The average molecular weight is 435 g/mol. The fourth-order valence-electron chi connectivity index (χ4n) is 3.02.